The molecule has 7 nitrogen and oxygen atoms in total. The Balaban J connectivity index is 1.59. The van der Waals surface area contributed by atoms with E-state index in [1.54, 1.807) is 24.0 Å². The highest BCUT2D eigenvalue weighted by Crippen LogP contribution is 2.23. The number of rotatable bonds is 4. The number of benzene rings is 1. The van der Waals surface area contributed by atoms with Gasteiger partial charge < -0.3 is 19.5 Å². The van der Waals surface area contributed by atoms with Gasteiger partial charge in [0.15, 0.2) is 0 Å². The average Bonchev–Trinajstić information content (AvgIpc) is 3.22. The van der Waals surface area contributed by atoms with Crippen LogP contribution in [0.1, 0.15) is 22.8 Å². The normalized spacial score (nSPS) is 15.1. The van der Waals surface area contributed by atoms with Crippen molar-refractivity contribution < 1.29 is 18.4 Å². The van der Waals surface area contributed by atoms with Crippen molar-refractivity contribution in [3.63, 3.8) is 0 Å². The van der Waals surface area contributed by atoms with Crippen LogP contribution in [0.2, 0.25) is 0 Å². The molecule has 140 valence electrons. The number of hydrogen-bond donors (Lipinski definition) is 1. The number of carbonyl (C=O) groups excluding carboxylic acids is 2. The summed E-state index contributed by atoms with van der Waals surface area (Å²) in [5.41, 5.74) is 0.901. The van der Waals surface area contributed by atoms with Crippen molar-refractivity contribution in [1.29, 1.82) is 5.26 Å². The zero-order valence-corrected chi connectivity index (χ0v) is 14.8. The number of nitriles is 1. The topological polar surface area (TPSA) is 89.6 Å². The Bertz CT molecular complexity index is 868. The van der Waals surface area contributed by atoms with E-state index in [0.717, 1.165) is 0 Å². The van der Waals surface area contributed by atoms with E-state index in [9.17, 15) is 19.2 Å². The molecule has 1 aromatic carbocycles. The molecule has 1 aromatic heterocycles. The van der Waals surface area contributed by atoms with Crippen LogP contribution in [-0.2, 0) is 4.79 Å². The first kappa shape index (κ1) is 18.5. The second-order valence-electron chi connectivity index (χ2n) is 6.27. The zero-order valence-electron chi connectivity index (χ0n) is 14.8. The Morgan fingerprint density at radius 2 is 2.00 bits per heavy atom. The fraction of sp³-hybridized carbons (Fsp3) is 0.316. The number of furan rings is 1. The van der Waals surface area contributed by atoms with Crippen molar-refractivity contribution in [3.8, 4) is 6.07 Å². The maximum Gasteiger partial charge on any atom is 0.255 e. The smallest absolute Gasteiger partial charge is 0.255 e. The number of nitrogens with one attached hydrogen (secondary N) is 1. The molecule has 3 rings (SSSR count). The van der Waals surface area contributed by atoms with Gasteiger partial charge in [-0.05, 0) is 25.1 Å². The molecule has 0 unspecified atom stereocenters. The molecule has 0 aliphatic carbocycles. The van der Waals surface area contributed by atoms with Gasteiger partial charge >= 0.3 is 0 Å². The van der Waals surface area contributed by atoms with Gasteiger partial charge in [-0.3, -0.25) is 9.59 Å². The summed E-state index contributed by atoms with van der Waals surface area (Å²) in [6, 6.07) is 7.27. The van der Waals surface area contributed by atoms with Gasteiger partial charge in [-0.25, -0.2) is 4.39 Å². The van der Waals surface area contributed by atoms with E-state index >= 15 is 0 Å². The molecule has 2 heterocycles. The highest BCUT2D eigenvalue weighted by molar-refractivity contribution is 5.97. The van der Waals surface area contributed by atoms with Crippen LogP contribution < -0.4 is 10.2 Å². The lowest BCUT2D eigenvalue weighted by Crippen LogP contribution is -2.54. The third kappa shape index (κ3) is 3.92. The van der Waals surface area contributed by atoms with Gasteiger partial charge in [-0.1, -0.05) is 6.07 Å². The molecule has 1 N–H and O–H groups in total. The van der Waals surface area contributed by atoms with Crippen molar-refractivity contribution >= 4 is 17.5 Å². The van der Waals surface area contributed by atoms with Gasteiger partial charge in [0, 0.05) is 26.2 Å². The Morgan fingerprint density at radius 3 is 2.63 bits per heavy atom. The third-order valence-corrected chi connectivity index (χ3v) is 4.54. The van der Waals surface area contributed by atoms with Crippen LogP contribution in [0.4, 0.5) is 10.1 Å². The predicted octanol–water partition coefficient (Wildman–Crippen LogP) is 1.76. The zero-order chi connectivity index (χ0) is 19.4. The molecule has 0 radical (unpaired) electrons. The fourth-order valence-electron chi connectivity index (χ4n) is 3.06. The summed E-state index contributed by atoms with van der Waals surface area (Å²) < 4.78 is 18.7. The highest BCUT2D eigenvalue weighted by atomic mass is 19.1. The van der Waals surface area contributed by atoms with Gasteiger partial charge in [0.05, 0.1) is 17.5 Å². The molecular weight excluding hydrogens is 351 g/mol. The lowest BCUT2D eigenvalue weighted by molar-refractivity contribution is -0.133. The quantitative estimate of drug-likeness (QED) is 0.886. The van der Waals surface area contributed by atoms with Gasteiger partial charge in [0.2, 0.25) is 5.91 Å². The van der Waals surface area contributed by atoms with Crippen molar-refractivity contribution in [1.82, 2.24) is 10.2 Å². The fourth-order valence-corrected chi connectivity index (χ4v) is 3.06. The van der Waals surface area contributed by atoms with Crippen LogP contribution in [0.5, 0.6) is 0 Å². The molecule has 0 saturated carbocycles. The van der Waals surface area contributed by atoms with Crippen LogP contribution in [0.15, 0.2) is 41.2 Å². The summed E-state index contributed by atoms with van der Waals surface area (Å²) in [5, 5.41) is 11.8. The van der Waals surface area contributed by atoms with E-state index in [-0.39, 0.29) is 17.4 Å². The van der Waals surface area contributed by atoms with E-state index in [0.29, 0.717) is 37.4 Å². The van der Waals surface area contributed by atoms with Crippen LogP contribution in [0, 0.1) is 17.1 Å². The van der Waals surface area contributed by atoms with E-state index in [1.807, 2.05) is 11.0 Å². The standard InChI is InChI=1S/C19H19FN4O3/c1-13(22-18(25)14-5-10-27-12-14)19(26)24-8-6-23(7-9-24)17-4-2-3-16(20)15(17)11-21/h2-5,10,12-13H,6-9H2,1H3,(H,22,25)/t13-/m0/s1. The number of nitrogens with zero attached hydrogens (tertiary/aromatic N) is 3. The van der Waals surface area contributed by atoms with Crippen molar-refractivity contribution in [2.75, 3.05) is 31.1 Å². The Labute approximate surface area is 156 Å². The Hall–Kier alpha value is -3.34. The third-order valence-electron chi connectivity index (χ3n) is 4.54. The number of amides is 2. The molecule has 1 atom stereocenters. The van der Waals surface area contributed by atoms with E-state index < -0.39 is 11.9 Å². The summed E-state index contributed by atoms with van der Waals surface area (Å²) in [6.45, 7) is 3.43. The summed E-state index contributed by atoms with van der Waals surface area (Å²) in [7, 11) is 0. The second-order valence-corrected chi connectivity index (χ2v) is 6.27. The SMILES string of the molecule is C[C@H](NC(=O)c1ccoc1)C(=O)N1CCN(c2cccc(F)c2C#N)CC1. The monoisotopic (exact) mass is 370 g/mol. The van der Waals surface area contributed by atoms with Crippen molar-refractivity contribution in [3.05, 3.63) is 53.7 Å². The Morgan fingerprint density at radius 1 is 1.26 bits per heavy atom. The van der Waals surface area contributed by atoms with Crippen molar-refractivity contribution in [2.45, 2.75) is 13.0 Å². The molecule has 0 spiro atoms. The number of anilines is 1. The van der Waals surface area contributed by atoms with Gasteiger partial charge in [0.25, 0.3) is 5.91 Å². The average molecular weight is 370 g/mol. The van der Waals surface area contributed by atoms with E-state index in [2.05, 4.69) is 5.32 Å². The number of carbonyl (C=O) groups is 2. The highest BCUT2D eigenvalue weighted by Gasteiger charge is 2.27. The Kier molecular flexibility index (Phi) is 5.41. The molecular formula is C19H19FN4O3. The molecule has 8 heteroatoms. The molecule has 27 heavy (non-hydrogen) atoms. The van der Waals surface area contributed by atoms with Gasteiger partial charge in [-0.15, -0.1) is 0 Å². The summed E-state index contributed by atoms with van der Waals surface area (Å²) in [4.78, 5) is 28.2. The molecule has 1 saturated heterocycles. The van der Waals surface area contributed by atoms with Crippen LogP contribution >= 0.6 is 0 Å². The summed E-state index contributed by atoms with van der Waals surface area (Å²) in [6.07, 6.45) is 2.71. The maximum absolute atomic E-state index is 13.8. The van der Waals surface area contributed by atoms with Crippen LogP contribution in [-0.4, -0.2) is 48.9 Å². The van der Waals surface area contributed by atoms with E-state index in [4.69, 9.17) is 4.42 Å². The van der Waals surface area contributed by atoms with Crippen LogP contribution in [0.3, 0.4) is 0 Å². The number of piperazine rings is 1. The summed E-state index contributed by atoms with van der Waals surface area (Å²) in [5.74, 6) is -1.11. The van der Waals surface area contributed by atoms with Gasteiger partial charge in [0.1, 0.15) is 29.8 Å². The first-order valence-electron chi connectivity index (χ1n) is 8.56. The number of hydrogen-bond acceptors (Lipinski definition) is 5. The van der Waals surface area contributed by atoms with E-state index in [1.165, 1.54) is 24.7 Å². The minimum atomic E-state index is -0.678. The van der Waals surface area contributed by atoms with Gasteiger partial charge in [-0.2, -0.15) is 5.26 Å². The first-order chi connectivity index (χ1) is 13.0. The molecule has 2 amide bonds. The molecule has 0 bridgehead atoms. The minimum absolute atomic E-state index is 0.0121. The number of halogens is 1. The minimum Gasteiger partial charge on any atom is -0.472 e. The molecule has 1 fully saturated rings. The first-order valence-corrected chi connectivity index (χ1v) is 8.56. The molecule has 2 aromatic rings. The van der Waals surface area contributed by atoms with Crippen LogP contribution in [0.25, 0.3) is 0 Å². The lowest BCUT2D eigenvalue weighted by atomic mass is 10.1. The summed E-state index contributed by atoms with van der Waals surface area (Å²) >= 11 is 0. The van der Waals surface area contributed by atoms with Crippen molar-refractivity contribution in [2.24, 2.45) is 0 Å². The molecule has 1 aliphatic rings. The largest absolute Gasteiger partial charge is 0.472 e. The molecule has 1 aliphatic heterocycles. The predicted molar refractivity (Wildman–Crippen MR) is 95.5 cm³/mol. The second kappa shape index (κ2) is 7.91. The lowest BCUT2D eigenvalue weighted by Gasteiger charge is -2.37. The maximum atomic E-state index is 13.8.